The number of hydrogen-bond acceptors (Lipinski definition) is 4. The number of benzene rings is 2. The van der Waals surface area contributed by atoms with Crippen LogP contribution >= 0.6 is 23.2 Å². The van der Waals surface area contributed by atoms with Crippen molar-refractivity contribution in [1.82, 2.24) is 4.90 Å². The molecule has 0 amide bonds. The van der Waals surface area contributed by atoms with Crippen molar-refractivity contribution in [2.24, 2.45) is 0 Å². The lowest BCUT2D eigenvalue weighted by Gasteiger charge is -2.26. The van der Waals surface area contributed by atoms with Crippen molar-refractivity contribution in [3.8, 4) is 11.1 Å². The number of aliphatic carboxylic acids is 2. The van der Waals surface area contributed by atoms with Crippen molar-refractivity contribution in [2.45, 2.75) is 12.8 Å². The molecule has 174 valence electrons. The van der Waals surface area contributed by atoms with Crippen LogP contribution < -0.4 is 0 Å². The zero-order chi connectivity index (χ0) is 23.8. The van der Waals surface area contributed by atoms with Crippen LogP contribution in [0.1, 0.15) is 17.5 Å². The van der Waals surface area contributed by atoms with Gasteiger partial charge in [-0.25, -0.2) is 9.59 Å². The lowest BCUT2D eigenvalue weighted by molar-refractivity contribution is -0.134. The number of hydrogen-bond donors (Lipinski definition) is 2. The molecular formula is C25H25Cl2NO5. The van der Waals surface area contributed by atoms with Gasteiger partial charge in [-0.3, -0.25) is 4.90 Å². The zero-order valence-corrected chi connectivity index (χ0v) is 19.5. The predicted octanol–water partition coefficient (Wildman–Crippen LogP) is 5.03. The molecule has 1 fully saturated rings. The third kappa shape index (κ3) is 7.17. The molecular weight excluding hydrogens is 465 g/mol. The van der Waals surface area contributed by atoms with Crippen LogP contribution in [0.25, 0.3) is 16.7 Å². The molecule has 1 aliphatic carbocycles. The number of ether oxygens (including phenoxy) is 1. The standard InChI is InChI=1S/C21H21Cl2NO.C4H4O4/c22-20-7-5-16(14-21(20)23)18-3-1-2-17-15(4-6-19(17)18)8-9-24-10-12-25-13-11-24;5-3(6)1-2-4(7)8/h1-5,7,14H,6,8-13H2;1-2H,(H,5,6)(H,7,8)/b;2-1-. The molecule has 1 aliphatic heterocycles. The van der Waals surface area contributed by atoms with E-state index in [1.807, 2.05) is 12.1 Å². The summed E-state index contributed by atoms with van der Waals surface area (Å²) in [5.74, 6) is -2.51. The molecule has 1 heterocycles. The molecule has 4 rings (SSSR count). The van der Waals surface area contributed by atoms with E-state index in [1.54, 1.807) is 0 Å². The summed E-state index contributed by atoms with van der Waals surface area (Å²) in [6, 6.07) is 12.5. The Hall–Kier alpha value is -2.64. The maximum absolute atomic E-state index is 9.55. The highest BCUT2D eigenvalue weighted by Gasteiger charge is 2.19. The molecule has 0 saturated carbocycles. The van der Waals surface area contributed by atoms with Crippen LogP contribution in [0.2, 0.25) is 10.0 Å². The van der Waals surface area contributed by atoms with Crippen molar-refractivity contribution < 1.29 is 24.5 Å². The van der Waals surface area contributed by atoms with E-state index in [4.69, 9.17) is 38.2 Å². The van der Waals surface area contributed by atoms with Crippen LogP contribution in [-0.4, -0.2) is 59.9 Å². The molecule has 33 heavy (non-hydrogen) atoms. The fourth-order valence-corrected chi connectivity index (χ4v) is 4.16. The van der Waals surface area contributed by atoms with Gasteiger partial charge in [-0.15, -0.1) is 0 Å². The van der Waals surface area contributed by atoms with Crippen molar-refractivity contribution in [3.05, 3.63) is 75.8 Å². The van der Waals surface area contributed by atoms with Crippen LogP contribution in [0.3, 0.4) is 0 Å². The molecule has 6 nitrogen and oxygen atoms in total. The Kier molecular flexibility index (Phi) is 9.09. The van der Waals surface area contributed by atoms with Crippen LogP contribution in [0, 0.1) is 0 Å². The van der Waals surface area contributed by atoms with Crippen molar-refractivity contribution in [2.75, 3.05) is 32.8 Å². The summed E-state index contributed by atoms with van der Waals surface area (Å²) >= 11 is 12.3. The number of carbonyl (C=O) groups is 2. The van der Waals surface area contributed by atoms with Crippen LogP contribution in [0.5, 0.6) is 0 Å². The highest BCUT2D eigenvalue weighted by molar-refractivity contribution is 6.42. The minimum Gasteiger partial charge on any atom is -0.478 e. The van der Waals surface area contributed by atoms with Crippen LogP contribution in [-0.2, 0) is 20.7 Å². The summed E-state index contributed by atoms with van der Waals surface area (Å²) in [6.45, 7) is 4.91. The molecule has 2 aliphatic rings. The molecule has 0 bridgehead atoms. The number of carboxylic acids is 2. The molecule has 2 N–H and O–H groups in total. The molecule has 0 spiro atoms. The third-order valence-electron chi connectivity index (χ3n) is 5.47. The monoisotopic (exact) mass is 489 g/mol. The van der Waals surface area contributed by atoms with Crippen molar-refractivity contribution in [3.63, 3.8) is 0 Å². The van der Waals surface area contributed by atoms with Crippen LogP contribution in [0.4, 0.5) is 0 Å². The van der Waals surface area contributed by atoms with E-state index < -0.39 is 11.9 Å². The second-order valence-corrected chi connectivity index (χ2v) is 8.42. The van der Waals surface area contributed by atoms with Gasteiger partial charge < -0.3 is 14.9 Å². The minimum atomic E-state index is -1.26. The largest absolute Gasteiger partial charge is 0.478 e. The Labute approximate surface area is 202 Å². The summed E-state index contributed by atoms with van der Waals surface area (Å²) in [7, 11) is 0. The zero-order valence-electron chi connectivity index (χ0n) is 18.0. The highest BCUT2D eigenvalue weighted by atomic mass is 35.5. The molecule has 0 atom stereocenters. The van der Waals surface area contributed by atoms with Gasteiger partial charge in [0.05, 0.1) is 23.3 Å². The fraction of sp³-hybridized carbons (Fsp3) is 0.280. The van der Waals surface area contributed by atoms with Gasteiger partial charge in [-0.2, -0.15) is 0 Å². The van der Waals surface area contributed by atoms with E-state index in [9.17, 15) is 9.59 Å². The van der Waals surface area contributed by atoms with Gasteiger partial charge in [0.1, 0.15) is 0 Å². The first kappa shape index (κ1) is 25.0. The summed E-state index contributed by atoms with van der Waals surface area (Å²) in [5, 5.41) is 16.8. The number of carboxylic acid groups (broad SMARTS) is 2. The van der Waals surface area contributed by atoms with E-state index in [0.29, 0.717) is 22.2 Å². The first-order valence-corrected chi connectivity index (χ1v) is 11.3. The first-order chi connectivity index (χ1) is 15.8. The maximum atomic E-state index is 9.55. The number of fused-ring (bicyclic) bond motifs is 1. The lowest BCUT2D eigenvalue weighted by Crippen LogP contribution is -2.36. The van der Waals surface area contributed by atoms with E-state index in [1.165, 1.54) is 22.3 Å². The van der Waals surface area contributed by atoms with Crippen LogP contribution in [0.15, 0.2) is 54.6 Å². The predicted molar refractivity (Wildman–Crippen MR) is 130 cm³/mol. The van der Waals surface area contributed by atoms with Gasteiger partial charge in [0, 0.05) is 31.8 Å². The summed E-state index contributed by atoms with van der Waals surface area (Å²) < 4.78 is 5.43. The quantitative estimate of drug-likeness (QED) is 0.553. The topological polar surface area (TPSA) is 87.1 Å². The first-order valence-electron chi connectivity index (χ1n) is 10.6. The fourth-order valence-electron chi connectivity index (χ4n) is 3.86. The van der Waals surface area contributed by atoms with Gasteiger partial charge >= 0.3 is 11.9 Å². The van der Waals surface area contributed by atoms with Crippen molar-refractivity contribution in [1.29, 1.82) is 0 Å². The number of allylic oxidation sites excluding steroid dienone is 1. The van der Waals surface area contributed by atoms with Gasteiger partial charge in [0.25, 0.3) is 0 Å². The SMILES string of the molecule is Clc1ccc(-c2cccc3c2CC=C3CCN2CCOCC2)cc1Cl.O=C(O)/C=C\C(=O)O. The number of nitrogens with zero attached hydrogens (tertiary/aromatic N) is 1. The second kappa shape index (κ2) is 12.0. The summed E-state index contributed by atoms with van der Waals surface area (Å²) in [6.07, 6.45) is 5.58. The molecule has 0 radical (unpaired) electrons. The van der Waals surface area contributed by atoms with E-state index in [0.717, 1.165) is 51.3 Å². The van der Waals surface area contributed by atoms with Gasteiger partial charge in [0.2, 0.25) is 0 Å². The average Bonchev–Trinajstić information content (AvgIpc) is 3.22. The lowest BCUT2D eigenvalue weighted by atomic mass is 9.94. The van der Waals surface area contributed by atoms with Gasteiger partial charge in [-0.05, 0) is 52.8 Å². The molecule has 0 unspecified atom stereocenters. The van der Waals surface area contributed by atoms with E-state index in [-0.39, 0.29) is 0 Å². The molecule has 2 aromatic rings. The molecule has 2 aromatic carbocycles. The van der Waals surface area contributed by atoms with Gasteiger partial charge in [0.15, 0.2) is 0 Å². The molecule has 0 aromatic heterocycles. The number of rotatable bonds is 6. The van der Waals surface area contributed by atoms with Gasteiger partial charge in [-0.1, -0.05) is 53.5 Å². The Balaban J connectivity index is 0.000000331. The number of halogens is 2. The Morgan fingerprint density at radius 1 is 0.970 bits per heavy atom. The third-order valence-corrected chi connectivity index (χ3v) is 6.21. The Morgan fingerprint density at radius 3 is 2.27 bits per heavy atom. The van der Waals surface area contributed by atoms with E-state index >= 15 is 0 Å². The molecule has 8 heteroatoms. The number of morpholine rings is 1. The second-order valence-electron chi connectivity index (χ2n) is 7.61. The smallest absolute Gasteiger partial charge is 0.328 e. The highest BCUT2D eigenvalue weighted by Crippen LogP contribution is 2.38. The Bertz CT molecular complexity index is 1060. The minimum absolute atomic E-state index is 0.558. The average molecular weight is 490 g/mol. The normalized spacial score (nSPS) is 15.5. The summed E-state index contributed by atoms with van der Waals surface area (Å²) in [4.78, 5) is 21.6. The van der Waals surface area contributed by atoms with Crippen molar-refractivity contribution >= 4 is 40.7 Å². The Morgan fingerprint density at radius 2 is 1.64 bits per heavy atom. The molecule has 1 saturated heterocycles. The maximum Gasteiger partial charge on any atom is 0.328 e. The summed E-state index contributed by atoms with van der Waals surface area (Å²) in [5.41, 5.74) is 6.64. The van der Waals surface area contributed by atoms with E-state index in [2.05, 4.69) is 35.2 Å².